The molecule has 0 aliphatic rings. The minimum atomic E-state index is 0.537. The third kappa shape index (κ3) is 2.42. The Hall–Kier alpha value is -3.15. The Balaban J connectivity index is 1.95. The molecular formula is C18H16N6. The molecule has 0 unspecified atom stereocenters. The molecule has 0 spiro atoms. The van der Waals surface area contributed by atoms with Gasteiger partial charge in [0.15, 0.2) is 11.3 Å². The molecule has 24 heavy (non-hydrogen) atoms. The molecule has 0 amide bonds. The first-order chi connectivity index (χ1) is 11.6. The van der Waals surface area contributed by atoms with Crippen LogP contribution >= 0.6 is 0 Å². The van der Waals surface area contributed by atoms with Gasteiger partial charge in [0.25, 0.3) is 0 Å². The first-order valence-electron chi connectivity index (χ1n) is 7.70. The fraction of sp³-hybridized carbons (Fsp3) is 0.167. The summed E-state index contributed by atoms with van der Waals surface area (Å²) in [6.45, 7) is 6.10. The largest absolute Gasteiger partial charge is 0.237 e. The molecule has 0 saturated heterocycles. The highest BCUT2D eigenvalue weighted by atomic mass is 15.3. The van der Waals surface area contributed by atoms with E-state index in [1.807, 2.05) is 24.6 Å². The van der Waals surface area contributed by atoms with E-state index in [2.05, 4.69) is 50.2 Å². The first-order valence-corrected chi connectivity index (χ1v) is 7.70. The summed E-state index contributed by atoms with van der Waals surface area (Å²) in [4.78, 5) is 17.4. The van der Waals surface area contributed by atoms with Crippen LogP contribution in [0.5, 0.6) is 0 Å². The summed E-state index contributed by atoms with van der Waals surface area (Å²) in [7, 11) is 0. The van der Waals surface area contributed by atoms with Gasteiger partial charge < -0.3 is 0 Å². The van der Waals surface area contributed by atoms with Crippen molar-refractivity contribution in [1.82, 2.24) is 29.7 Å². The van der Waals surface area contributed by atoms with Crippen molar-refractivity contribution in [3.05, 3.63) is 59.8 Å². The smallest absolute Gasteiger partial charge is 0.198 e. The lowest BCUT2D eigenvalue weighted by Crippen LogP contribution is -2.03. The van der Waals surface area contributed by atoms with Crippen LogP contribution in [0.2, 0.25) is 0 Å². The van der Waals surface area contributed by atoms with Crippen molar-refractivity contribution in [2.45, 2.75) is 20.8 Å². The maximum atomic E-state index is 4.62. The molecule has 4 aromatic rings. The lowest BCUT2D eigenvalue weighted by molar-refractivity contribution is 0.833. The Morgan fingerprint density at radius 1 is 0.875 bits per heavy atom. The van der Waals surface area contributed by atoms with Gasteiger partial charge in [-0.25, -0.2) is 24.6 Å². The number of fused-ring (bicyclic) bond motifs is 1. The van der Waals surface area contributed by atoms with Crippen LogP contribution in [-0.4, -0.2) is 29.7 Å². The van der Waals surface area contributed by atoms with E-state index in [0.717, 1.165) is 33.9 Å². The Morgan fingerprint density at radius 3 is 2.42 bits per heavy atom. The molecule has 1 aromatic carbocycles. The van der Waals surface area contributed by atoms with E-state index < -0.39 is 0 Å². The zero-order chi connectivity index (χ0) is 16.7. The standard InChI is InChI=1S/C18H16N6/c1-11-4-5-14(16(8-11)24-13(3)9-12(2)23-24)15-10-21-17-18(22-15)20-7-6-19-17/h4-10H,1-3H3. The molecule has 0 N–H and O–H groups in total. The Kier molecular flexibility index (Phi) is 3.30. The average molecular weight is 316 g/mol. The quantitative estimate of drug-likeness (QED) is 0.568. The van der Waals surface area contributed by atoms with Crippen LogP contribution in [0, 0.1) is 20.8 Å². The lowest BCUT2D eigenvalue weighted by atomic mass is 10.1. The molecule has 0 aliphatic carbocycles. The monoisotopic (exact) mass is 316 g/mol. The SMILES string of the molecule is Cc1ccc(-c2cnc3nccnc3n2)c(-n2nc(C)cc2C)c1. The number of aromatic nitrogens is 6. The molecule has 6 heteroatoms. The van der Waals surface area contributed by atoms with E-state index in [-0.39, 0.29) is 0 Å². The number of benzene rings is 1. The van der Waals surface area contributed by atoms with Crippen LogP contribution < -0.4 is 0 Å². The van der Waals surface area contributed by atoms with Crippen molar-refractivity contribution in [3.63, 3.8) is 0 Å². The van der Waals surface area contributed by atoms with Gasteiger partial charge in [0.05, 0.1) is 23.3 Å². The van der Waals surface area contributed by atoms with E-state index in [1.54, 1.807) is 18.6 Å². The van der Waals surface area contributed by atoms with Gasteiger partial charge in [0.1, 0.15) is 0 Å². The highest BCUT2D eigenvalue weighted by Gasteiger charge is 2.13. The molecule has 0 bridgehead atoms. The van der Waals surface area contributed by atoms with E-state index in [9.17, 15) is 0 Å². The van der Waals surface area contributed by atoms with Gasteiger partial charge in [-0.3, -0.25) is 0 Å². The van der Waals surface area contributed by atoms with Gasteiger partial charge in [0, 0.05) is 23.7 Å². The molecule has 0 atom stereocenters. The Bertz CT molecular complexity index is 1050. The number of nitrogens with zero attached hydrogens (tertiary/aromatic N) is 6. The van der Waals surface area contributed by atoms with Crippen LogP contribution in [0.15, 0.2) is 42.9 Å². The first kappa shape index (κ1) is 14.4. The van der Waals surface area contributed by atoms with Crippen LogP contribution in [0.4, 0.5) is 0 Å². The third-order valence-corrected chi connectivity index (χ3v) is 3.86. The van der Waals surface area contributed by atoms with Crippen molar-refractivity contribution >= 4 is 11.3 Å². The molecule has 3 aromatic heterocycles. The van der Waals surface area contributed by atoms with Gasteiger partial charge in [-0.2, -0.15) is 5.10 Å². The second kappa shape index (κ2) is 5.49. The van der Waals surface area contributed by atoms with Crippen LogP contribution in [0.1, 0.15) is 17.0 Å². The summed E-state index contributed by atoms with van der Waals surface area (Å²) in [5.41, 5.74) is 7.00. The zero-order valence-corrected chi connectivity index (χ0v) is 13.7. The second-order valence-electron chi connectivity index (χ2n) is 5.82. The zero-order valence-electron chi connectivity index (χ0n) is 13.7. The van der Waals surface area contributed by atoms with Crippen LogP contribution in [0.3, 0.4) is 0 Å². The van der Waals surface area contributed by atoms with Crippen molar-refractivity contribution in [2.75, 3.05) is 0 Å². The van der Waals surface area contributed by atoms with Gasteiger partial charge in [0.2, 0.25) is 0 Å². The van der Waals surface area contributed by atoms with Gasteiger partial charge in [-0.05, 0) is 38.5 Å². The minimum absolute atomic E-state index is 0.537. The van der Waals surface area contributed by atoms with E-state index in [4.69, 9.17) is 0 Å². The van der Waals surface area contributed by atoms with Crippen molar-refractivity contribution in [2.24, 2.45) is 0 Å². The summed E-state index contributed by atoms with van der Waals surface area (Å²) in [6.07, 6.45) is 4.97. The maximum Gasteiger partial charge on any atom is 0.198 e. The molecule has 0 aliphatic heterocycles. The minimum Gasteiger partial charge on any atom is -0.237 e. The third-order valence-electron chi connectivity index (χ3n) is 3.86. The molecule has 118 valence electrons. The maximum absolute atomic E-state index is 4.62. The van der Waals surface area contributed by atoms with E-state index >= 15 is 0 Å². The predicted octanol–water partition coefficient (Wildman–Crippen LogP) is 3.20. The van der Waals surface area contributed by atoms with Crippen molar-refractivity contribution in [3.8, 4) is 16.9 Å². The molecule has 0 fully saturated rings. The molecule has 3 heterocycles. The highest BCUT2D eigenvalue weighted by Crippen LogP contribution is 2.27. The van der Waals surface area contributed by atoms with Crippen LogP contribution in [-0.2, 0) is 0 Å². The fourth-order valence-corrected chi connectivity index (χ4v) is 2.79. The van der Waals surface area contributed by atoms with E-state index in [1.165, 1.54) is 0 Å². The summed E-state index contributed by atoms with van der Waals surface area (Å²) in [6, 6.07) is 8.28. The average Bonchev–Trinajstić information content (AvgIpc) is 2.92. The summed E-state index contributed by atoms with van der Waals surface area (Å²) < 4.78 is 1.94. The lowest BCUT2D eigenvalue weighted by Gasteiger charge is -2.12. The topological polar surface area (TPSA) is 69.4 Å². The van der Waals surface area contributed by atoms with Crippen molar-refractivity contribution in [1.29, 1.82) is 0 Å². The summed E-state index contributed by atoms with van der Waals surface area (Å²) in [5, 5.41) is 4.61. The summed E-state index contributed by atoms with van der Waals surface area (Å²) in [5.74, 6) is 0. The Morgan fingerprint density at radius 2 is 1.67 bits per heavy atom. The molecule has 4 rings (SSSR count). The molecular weight excluding hydrogens is 300 g/mol. The van der Waals surface area contributed by atoms with Gasteiger partial charge in [-0.15, -0.1) is 0 Å². The van der Waals surface area contributed by atoms with Gasteiger partial charge in [-0.1, -0.05) is 12.1 Å². The summed E-state index contributed by atoms with van der Waals surface area (Å²) >= 11 is 0. The van der Waals surface area contributed by atoms with Gasteiger partial charge >= 0.3 is 0 Å². The number of hydrogen-bond acceptors (Lipinski definition) is 5. The highest BCUT2D eigenvalue weighted by molar-refractivity contribution is 5.74. The number of rotatable bonds is 2. The van der Waals surface area contributed by atoms with Crippen molar-refractivity contribution < 1.29 is 0 Å². The molecule has 6 nitrogen and oxygen atoms in total. The number of hydrogen-bond donors (Lipinski definition) is 0. The van der Waals surface area contributed by atoms with Crippen LogP contribution in [0.25, 0.3) is 28.2 Å². The van der Waals surface area contributed by atoms with E-state index in [0.29, 0.717) is 11.3 Å². The molecule has 0 saturated carbocycles. The molecule has 0 radical (unpaired) electrons. The fourth-order valence-electron chi connectivity index (χ4n) is 2.79. The predicted molar refractivity (Wildman–Crippen MR) is 91.9 cm³/mol. The normalized spacial score (nSPS) is 11.1. The number of aryl methyl sites for hydroxylation is 3. The Labute approximate surface area is 139 Å². The second-order valence-corrected chi connectivity index (χ2v) is 5.82.